The van der Waals surface area contributed by atoms with Crippen molar-refractivity contribution in [2.24, 2.45) is 5.73 Å². The standard InChI is InChI=1S/C9H11ClN2O2/c1-14-8-3-2-6(4-7(8)10)12-5-9(11)13/h2-4,12H,5H2,1H3,(H2,11,13). The Morgan fingerprint density at radius 3 is 2.86 bits per heavy atom. The molecular formula is C9H11ClN2O2. The molecule has 0 saturated heterocycles. The van der Waals surface area contributed by atoms with Crippen LogP contribution in [-0.2, 0) is 4.79 Å². The van der Waals surface area contributed by atoms with Gasteiger partial charge in [-0.1, -0.05) is 11.6 Å². The molecule has 0 aromatic heterocycles. The number of hydrogen-bond donors (Lipinski definition) is 2. The summed E-state index contributed by atoms with van der Waals surface area (Å²) in [6.45, 7) is 0.0860. The quantitative estimate of drug-likeness (QED) is 0.793. The molecule has 0 heterocycles. The zero-order valence-electron chi connectivity index (χ0n) is 7.71. The van der Waals surface area contributed by atoms with E-state index in [1.165, 1.54) is 7.11 Å². The first-order chi connectivity index (χ1) is 6.63. The summed E-state index contributed by atoms with van der Waals surface area (Å²) in [7, 11) is 1.54. The van der Waals surface area contributed by atoms with Crippen LogP contribution in [0.15, 0.2) is 18.2 Å². The van der Waals surface area contributed by atoms with Gasteiger partial charge in [0.1, 0.15) is 5.75 Å². The number of rotatable bonds is 4. The van der Waals surface area contributed by atoms with E-state index in [1.54, 1.807) is 18.2 Å². The van der Waals surface area contributed by atoms with Crippen LogP contribution in [0.2, 0.25) is 5.02 Å². The van der Waals surface area contributed by atoms with Crippen molar-refractivity contribution in [1.82, 2.24) is 0 Å². The zero-order chi connectivity index (χ0) is 10.6. The Hall–Kier alpha value is -1.42. The van der Waals surface area contributed by atoms with Crippen molar-refractivity contribution in [1.29, 1.82) is 0 Å². The largest absolute Gasteiger partial charge is 0.495 e. The SMILES string of the molecule is COc1ccc(NCC(N)=O)cc1Cl. The maximum absolute atomic E-state index is 10.5. The highest BCUT2D eigenvalue weighted by Crippen LogP contribution is 2.26. The average molecular weight is 215 g/mol. The Morgan fingerprint density at radius 1 is 1.64 bits per heavy atom. The lowest BCUT2D eigenvalue weighted by Crippen LogP contribution is -2.21. The maximum atomic E-state index is 10.5. The molecule has 4 nitrogen and oxygen atoms in total. The van der Waals surface area contributed by atoms with E-state index < -0.39 is 5.91 Å². The van der Waals surface area contributed by atoms with Gasteiger partial charge in [0.05, 0.1) is 18.7 Å². The van der Waals surface area contributed by atoms with Crippen LogP contribution >= 0.6 is 11.6 Å². The van der Waals surface area contributed by atoms with Crippen molar-refractivity contribution in [3.8, 4) is 5.75 Å². The summed E-state index contributed by atoms with van der Waals surface area (Å²) in [4.78, 5) is 10.5. The number of amides is 1. The average Bonchev–Trinajstić information content (AvgIpc) is 2.15. The lowest BCUT2D eigenvalue weighted by atomic mass is 10.3. The van der Waals surface area contributed by atoms with Gasteiger partial charge in [0.25, 0.3) is 0 Å². The fourth-order valence-corrected chi connectivity index (χ4v) is 1.22. The Morgan fingerprint density at radius 2 is 2.36 bits per heavy atom. The van der Waals surface area contributed by atoms with Gasteiger partial charge in [-0.2, -0.15) is 0 Å². The van der Waals surface area contributed by atoms with E-state index in [-0.39, 0.29) is 6.54 Å². The smallest absolute Gasteiger partial charge is 0.236 e. The molecule has 0 aliphatic heterocycles. The van der Waals surface area contributed by atoms with Crippen molar-refractivity contribution >= 4 is 23.2 Å². The van der Waals surface area contributed by atoms with E-state index in [9.17, 15) is 4.79 Å². The van der Waals surface area contributed by atoms with Gasteiger partial charge in [-0.3, -0.25) is 4.79 Å². The number of hydrogen-bond acceptors (Lipinski definition) is 3. The number of halogens is 1. The third-order valence-corrected chi connectivity index (χ3v) is 1.91. The molecule has 76 valence electrons. The first-order valence-electron chi connectivity index (χ1n) is 3.99. The van der Waals surface area contributed by atoms with Gasteiger partial charge in [0.15, 0.2) is 0 Å². The molecule has 0 radical (unpaired) electrons. The summed E-state index contributed by atoms with van der Waals surface area (Å²) in [5.74, 6) is 0.174. The van der Waals surface area contributed by atoms with Crippen LogP contribution < -0.4 is 15.8 Å². The maximum Gasteiger partial charge on any atom is 0.236 e. The van der Waals surface area contributed by atoms with Crippen LogP contribution in [0.25, 0.3) is 0 Å². The van der Waals surface area contributed by atoms with E-state index >= 15 is 0 Å². The van der Waals surface area contributed by atoms with Gasteiger partial charge >= 0.3 is 0 Å². The minimum Gasteiger partial charge on any atom is -0.495 e. The number of carbonyl (C=O) groups excluding carboxylic acids is 1. The second-order valence-electron chi connectivity index (χ2n) is 2.67. The number of ether oxygens (including phenoxy) is 1. The van der Waals surface area contributed by atoms with E-state index in [2.05, 4.69) is 5.32 Å². The monoisotopic (exact) mass is 214 g/mol. The van der Waals surface area contributed by atoms with Gasteiger partial charge in [0, 0.05) is 5.69 Å². The second-order valence-corrected chi connectivity index (χ2v) is 3.08. The van der Waals surface area contributed by atoms with Crippen LogP contribution in [0, 0.1) is 0 Å². The zero-order valence-corrected chi connectivity index (χ0v) is 8.47. The van der Waals surface area contributed by atoms with Crippen molar-refractivity contribution < 1.29 is 9.53 Å². The van der Waals surface area contributed by atoms with Crippen LogP contribution in [-0.4, -0.2) is 19.6 Å². The Balaban J connectivity index is 2.71. The minimum atomic E-state index is -0.419. The molecule has 0 aliphatic carbocycles. The molecule has 1 aromatic rings. The molecule has 1 rings (SSSR count). The van der Waals surface area contributed by atoms with E-state index in [4.69, 9.17) is 22.1 Å². The summed E-state index contributed by atoms with van der Waals surface area (Å²) in [5, 5.41) is 3.31. The highest BCUT2D eigenvalue weighted by Gasteiger charge is 2.01. The first-order valence-corrected chi connectivity index (χ1v) is 4.37. The number of benzene rings is 1. The highest BCUT2D eigenvalue weighted by molar-refractivity contribution is 6.32. The molecule has 0 fully saturated rings. The summed E-state index contributed by atoms with van der Waals surface area (Å²) in [6, 6.07) is 5.14. The van der Waals surface area contributed by atoms with Crippen molar-refractivity contribution in [3.05, 3.63) is 23.2 Å². The summed E-state index contributed by atoms with van der Waals surface area (Å²) >= 11 is 5.86. The van der Waals surface area contributed by atoms with Crippen molar-refractivity contribution in [2.45, 2.75) is 0 Å². The predicted octanol–water partition coefficient (Wildman–Crippen LogP) is 1.25. The van der Waals surface area contributed by atoms with Gasteiger partial charge in [-0.25, -0.2) is 0 Å². The van der Waals surface area contributed by atoms with Crippen LogP contribution in [0.3, 0.4) is 0 Å². The fraction of sp³-hybridized carbons (Fsp3) is 0.222. The molecule has 0 bridgehead atoms. The number of nitrogens with two attached hydrogens (primary N) is 1. The molecule has 0 unspecified atom stereocenters. The van der Waals surface area contributed by atoms with Gasteiger partial charge in [-0.05, 0) is 18.2 Å². The molecule has 3 N–H and O–H groups in total. The molecule has 14 heavy (non-hydrogen) atoms. The Bertz CT molecular complexity index is 342. The van der Waals surface area contributed by atoms with Crippen molar-refractivity contribution in [2.75, 3.05) is 19.0 Å². The van der Waals surface area contributed by atoms with E-state index in [0.29, 0.717) is 10.8 Å². The molecular weight excluding hydrogens is 204 g/mol. The molecule has 0 saturated carbocycles. The first kappa shape index (κ1) is 10.7. The number of anilines is 1. The second kappa shape index (κ2) is 4.72. The predicted molar refractivity (Wildman–Crippen MR) is 55.7 cm³/mol. The lowest BCUT2D eigenvalue weighted by Gasteiger charge is -2.06. The number of carbonyl (C=O) groups is 1. The van der Waals surface area contributed by atoms with Crippen molar-refractivity contribution in [3.63, 3.8) is 0 Å². The van der Waals surface area contributed by atoms with Gasteiger partial charge in [0.2, 0.25) is 5.91 Å². The van der Waals surface area contributed by atoms with E-state index in [0.717, 1.165) is 5.69 Å². The fourth-order valence-electron chi connectivity index (χ4n) is 0.966. The third kappa shape index (κ3) is 2.81. The van der Waals surface area contributed by atoms with E-state index in [1.807, 2.05) is 0 Å². The molecule has 0 atom stereocenters. The molecule has 5 heteroatoms. The highest BCUT2D eigenvalue weighted by atomic mass is 35.5. The Kier molecular flexibility index (Phi) is 3.59. The summed E-state index contributed by atoms with van der Waals surface area (Å²) in [6.07, 6.45) is 0. The number of nitrogens with one attached hydrogen (secondary N) is 1. The van der Waals surface area contributed by atoms with Crippen LogP contribution in [0.5, 0.6) is 5.75 Å². The third-order valence-electron chi connectivity index (χ3n) is 1.62. The number of primary amides is 1. The normalized spacial score (nSPS) is 9.57. The molecule has 0 aliphatic rings. The summed E-state index contributed by atoms with van der Waals surface area (Å²) in [5.41, 5.74) is 5.71. The molecule has 1 amide bonds. The topological polar surface area (TPSA) is 64.3 Å². The lowest BCUT2D eigenvalue weighted by molar-refractivity contribution is -0.116. The number of methoxy groups -OCH3 is 1. The molecule has 1 aromatic carbocycles. The molecule has 0 spiro atoms. The van der Waals surface area contributed by atoms with Gasteiger partial charge < -0.3 is 15.8 Å². The Labute approximate surface area is 87.0 Å². The van der Waals surface area contributed by atoms with Gasteiger partial charge in [-0.15, -0.1) is 0 Å². The summed E-state index contributed by atoms with van der Waals surface area (Å²) < 4.78 is 4.97. The minimum absolute atomic E-state index is 0.0860. The van der Waals surface area contributed by atoms with Crippen LogP contribution in [0.4, 0.5) is 5.69 Å². The van der Waals surface area contributed by atoms with Crippen LogP contribution in [0.1, 0.15) is 0 Å².